The molecule has 0 saturated heterocycles. The van der Waals surface area contributed by atoms with Gasteiger partial charge in [0.15, 0.2) is 15.9 Å². The summed E-state index contributed by atoms with van der Waals surface area (Å²) in [5.41, 5.74) is 0.245. The van der Waals surface area contributed by atoms with E-state index in [1.807, 2.05) is 13.8 Å². The second-order valence-corrected chi connectivity index (χ2v) is 5.12. The van der Waals surface area contributed by atoms with Crippen LogP contribution < -0.4 is 11.2 Å². The van der Waals surface area contributed by atoms with Gasteiger partial charge in [0.25, 0.3) is 5.56 Å². The van der Waals surface area contributed by atoms with E-state index in [1.165, 1.54) is 9.13 Å². The van der Waals surface area contributed by atoms with Crippen LogP contribution in [-0.4, -0.2) is 18.7 Å². The Labute approximate surface area is 112 Å². The van der Waals surface area contributed by atoms with Gasteiger partial charge >= 0.3 is 5.69 Å². The minimum Gasteiger partial charge on any atom is -0.310 e. The standard InChI is InChI=1S/C11H15BrN4O2/c1-5-15-9(17)7-8(14(4)11(15)18)13-10(12)16(7)6(2)3/h6H,5H2,1-4H3. The zero-order valence-electron chi connectivity index (χ0n) is 10.8. The van der Waals surface area contributed by atoms with Crippen LogP contribution in [0.2, 0.25) is 0 Å². The van der Waals surface area contributed by atoms with Crippen molar-refractivity contribution in [3.8, 4) is 0 Å². The Morgan fingerprint density at radius 3 is 2.44 bits per heavy atom. The SMILES string of the molecule is CCn1c(=O)c2c(nc(Br)n2C(C)C)n(C)c1=O. The summed E-state index contributed by atoms with van der Waals surface area (Å²) in [5.74, 6) is 0. The van der Waals surface area contributed by atoms with Gasteiger partial charge in [-0.15, -0.1) is 0 Å². The average molecular weight is 315 g/mol. The molecule has 2 aromatic heterocycles. The summed E-state index contributed by atoms with van der Waals surface area (Å²) >= 11 is 3.34. The second kappa shape index (κ2) is 4.38. The molecule has 18 heavy (non-hydrogen) atoms. The van der Waals surface area contributed by atoms with Gasteiger partial charge in [-0.2, -0.15) is 0 Å². The Balaban J connectivity index is 3.10. The minimum atomic E-state index is -0.337. The number of hydrogen-bond acceptors (Lipinski definition) is 3. The zero-order valence-corrected chi connectivity index (χ0v) is 12.4. The van der Waals surface area contributed by atoms with Crippen LogP contribution in [0.25, 0.3) is 11.2 Å². The highest BCUT2D eigenvalue weighted by molar-refractivity contribution is 9.10. The van der Waals surface area contributed by atoms with E-state index in [1.54, 1.807) is 18.5 Å². The van der Waals surface area contributed by atoms with Crippen molar-refractivity contribution in [3.63, 3.8) is 0 Å². The highest BCUT2D eigenvalue weighted by Crippen LogP contribution is 2.20. The number of aromatic nitrogens is 4. The smallest absolute Gasteiger partial charge is 0.310 e. The van der Waals surface area contributed by atoms with Crippen molar-refractivity contribution in [2.75, 3.05) is 0 Å². The summed E-state index contributed by atoms with van der Waals surface area (Å²) < 4.78 is 4.98. The van der Waals surface area contributed by atoms with Crippen molar-refractivity contribution in [2.24, 2.45) is 7.05 Å². The van der Waals surface area contributed by atoms with E-state index in [0.29, 0.717) is 22.4 Å². The summed E-state index contributed by atoms with van der Waals surface area (Å²) in [6, 6.07) is 0.0832. The Hall–Kier alpha value is -1.37. The Bertz CT molecular complexity index is 723. The number of nitrogens with zero attached hydrogens (tertiary/aromatic N) is 4. The lowest BCUT2D eigenvalue weighted by Gasteiger charge is -2.11. The molecule has 2 rings (SSSR count). The van der Waals surface area contributed by atoms with Gasteiger partial charge in [0, 0.05) is 19.6 Å². The Kier molecular flexibility index (Phi) is 3.18. The largest absolute Gasteiger partial charge is 0.332 e. The predicted octanol–water partition coefficient (Wildman–Crippen LogP) is 1.26. The van der Waals surface area contributed by atoms with Gasteiger partial charge in [-0.25, -0.2) is 9.78 Å². The van der Waals surface area contributed by atoms with Crippen LogP contribution >= 0.6 is 15.9 Å². The van der Waals surface area contributed by atoms with Crippen LogP contribution in [0.4, 0.5) is 0 Å². The normalized spacial score (nSPS) is 11.7. The van der Waals surface area contributed by atoms with Gasteiger partial charge in [0.05, 0.1) is 0 Å². The molecule has 0 aromatic carbocycles. The average Bonchev–Trinajstić information content (AvgIpc) is 2.65. The third-order valence-electron chi connectivity index (χ3n) is 2.97. The van der Waals surface area contributed by atoms with Gasteiger partial charge in [0.2, 0.25) is 0 Å². The first-order valence-corrected chi connectivity index (χ1v) is 6.56. The lowest BCUT2D eigenvalue weighted by Crippen LogP contribution is -2.39. The highest BCUT2D eigenvalue weighted by Gasteiger charge is 2.19. The van der Waals surface area contributed by atoms with Crippen molar-refractivity contribution in [3.05, 3.63) is 25.6 Å². The number of aryl methyl sites for hydroxylation is 1. The summed E-state index contributed by atoms with van der Waals surface area (Å²) in [6.45, 7) is 6.06. The second-order valence-electron chi connectivity index (χ2n) is 4.41. The molecule has 6 nitrogen and oxygen atoms in total. The van der Waals surface area contributed by atoms with Crippen LogP contribution in [0, 0.1) is 0 Å². The maximum atomic E-state index is 12.3. The molecule has 2 heterocycles. The van der Waals surface area contributed by atoms with E-state index in [0.717, 1.165) is 0 Å². The molecule has 0 bridgehead atoms. The molecule has 0 saturated carbocycles. The monoisotopic (exact) mass is 314 g/mol. The van der Waals surface area contributed by atoms with Crippen molar-refractivity contribution in [1.29, 1.82) is 0 Å². The number of hydrogen-bond donors (Lipinski definition) is 0. The molecule has 0 spiro atoms. The minimum absolute atomic E-state index is 0.0832. The molecule has 2 aromatic rings. The van der Waals surface area contributed by atoms with Gasteiger partial charge in [-0.1, -0.05) is 0 Å². The topological polar surface area (TPSA) is 61.8 Å². The third-order valence-corrected chi connectivity index (χ3v) is 3.52. The summed E-state index contributed by atoms with van der Waals surface area (Å²) in [6.07, 6.45) is 0. The molecule has 0 aliphatic heterocycles. The Morgan fingerprint density at radius 2 is 1.94 bits per heavy atom. The molecular formula is C11H15BrN4O2. The van der Waals surface area contributed by atoms with Crippen molar-refractivity contribution >= 4 is 27.1 Å². The molecule has 0 amide bonds. The molecular weight excluding hydrogens is 300 g/mol. The van der Waals surface area contributed by atoms with Crippen LogP contribution in [0.15, 0.2) is 14.3 Å². The van der Waals surface area contributed by atoms with E-state index in [4.69, 9.17) is 0 Å². The summed E-state index contributed by atoms with van der Waals surface area (Å²) in [5, 5.41) is 0. The number of rotatable bonds is 2. The van der Waals surface area contributed by atoms with Crippen molar-refractivity contribution < 1.29 is 0 Å². The van der Waals surface area contributed by atoms with E-state index in [9.17, 15) is 9.59 Å². The highest BCUT2D eigenvalue weighted by atomic mass is 79.9. The summed E-state index contributed by atoms with van der Waals surface area (Å²) in [7, 11) is 1.63. The molecule has 98 valence electrons. The molecule has 7 heteroatoms. The fourth-order valence-electron chi connectivity index (χ4n) is 2.06. The van der Waals surface area contributed by atoms with Crippen molar-refractivity contribution in [2.45, 2.75) is 33.4 Å². The fourth-order valence-corrected chi connectivity index (χ4v) is 2.82. The first-order valence-electron chi connectivity index (χ1n) is 5.77. The Morgan fingerprint density at radius 1 is 1.33 bits per heavy atom. The molecule has 0 atom stereocenters. The van der Waals surface area contributed by atoms with Gasteiger partial charge in [-0.3, -0.25) is 13.9 Å². The first-order chi connectivity index (χ1) is 8.40. The van der Waals surface area contributed by atoms with Gasteiger partial charge in [0.1, 0.15) is 0 Å². The van der Waals surface area contributed by atoms with Gasteiger partial charge < -0.3 is 4.57 Å². The molecule has 0 radical (unpaired) electrons. The van der Waals surface area contributed by atoms with Crippen molar-refractivity contribution in [1.82, 2.24) is 18.7 Å². The van der Waals surface area contributed by atoms with E-state index < -0.39 is 0 Å². The molecule has 0 aliphatic rings. The van der Waals surface area contributed by atoms with E-state index in [2.05, 4.69) is 20.9 Å². The number of fused-ring (bicyclic) bond motifs is 1. The maximum Gasteiger partial charge on any atom is 0.332 e. The molecule has 0 fully saturated rings. The molecule has 0 aliphatic carbocycles. The van der Waals surface area contributed by atoms with Crippen LogP contribution in [0.5, 0.6) is 0 Å². The first kappa shape index (κ1) is 13.1. The third kappa shape index (κ3) is 1.65. The number of halogens is 1. The zero-order chi connectivity index (χ0) is 13.6. The molecule has 0 unspecified atom stereocenters. The lowest BCUT2D eigenvalue weighted by molar-refractivity contribution is 0.591. The maximum absolute atomic E-state index is 12.3. The lowest BCUT2D eigenvalue weighted by atomic mass is 10.3. The predicted molar refractivity (Wildman–Crippen MR) is 73.0 cm³/mol. The fraction of sp³-hybridized carbons (Fsp3) is 0.545. The van der Waals surface area contributed by atoms with E-state index in [-0.39, 0.29) is 17.3 Å². The summed E-state index contributed by atoms with van der Waals surface area (Å²) in [4.78, 5) is 28.6. The van der Waals surface area contributed by atoms with Crippen LogP contribution in [0.1, 0.15) is 26.8 Å². The number of imidazole rings is 1. The van der Waals surface area contributed by atoms with Crippen LogP contribution in [0.3, 0.4) is 0 Å². The van der Waals surface area contributed by atoms with Crippen LogP contribution in [-0.2, 0) is 13.6 Å². The quantitative estimate of drug-likeness (QED) is 0.784. The van der Waals surface area contributed by atoms with Gasteiger partial charge in [-0.05, 0) is 36.7 Å². The van der Waals surface area contributed by atoms with E-state index >= 15 is 0 Å². The molecule has 0 N–H and O–H groups in total.